The Bertz CT molecular complexity index is 955. The van der Waals surface area contributed by atoms with Gasteiger partial charge in [-0.05, 0) is 24.4 Å². The highest BCUT2D eigenvalue weighted by Crippen LogP contribution is 2.27. The Morgan fingerprint density at radius 3 is 2.96 bits per heavy atom. The third-order valence-electron chi connectivity index (χ3n) is 3.50. The van der Waals surface area contributed by atoms with Crippen molar-refractivity contribution in [2.75, 3.05) is 0 Å². The molecule has 0 N–H and O–H groups in total. The molecule has 0 aromatic carbocycles. The average molecular weight is 359 g/mol. The largest absolute Gasteiger partial charge is 0.469 e. The lowest BCUT2D eigenvalue weighted by molar-refractivity contribution is 0.425. The van der Waals surface area contributed by atoms with Crippen LogP contribution in [0.1, 0.15) is 11.6 Å². The number of furan rings is 1. The average Bonchev–Trinajstić information content (AvgIpc) is 3.33. The summed E-state index contributed by atoms with van der Waals surface area (Å²) < 4.78 is 12.5. The monoisotopic (exact) mass is 359 g/mol. The van der Waals surface area contributed by atoms with Crippen molar-refractivity contribution in [1.82, 2.24) is 24.9 Å². The van der Waals surface area contributed by atoms with Crippen molar-refractivity contribution in [2.45, 2.75) is 17.8 Å². The van der Waals surface area contributed by atoms with Crippen molar-refractivity contribution in [3.8, 4) is 22.8 Å². The van der Waals surface area contributed by atoms with E-state index in [0.717, 1.165) is 27.9 Å². The van der Waals surface area contributed by atoms with E-state index in [1.165, 1.54) is 11.8 Å². The normalized spacial score (nSPS) is 11.2. The summed E-state index contributed by atoms with van der Waals surface area (Å²) in [6.45, 7) is 1.90. The van der Waals surface area contributed by atoms with Crippen LogP contribution in [0.2, 0.25) is 0 Å². The van der Waals surface area contributed by atoms with Gasteiger partial charge in [-0.15, -0.1) is 10.2 Å². The van der Waals surface area contributed by atoms with Crippen LogP contribution in [-0.4, -0.2) is 24.9 Å². The molecule has 122 valence electrons. The molecule has 0 unspecified atom stereocenters. The SMILES string of the molecule is Cc1occc1-c1nnc(SCc2noc(-c3ccsc3)n2)n1C. The van der Waals surface area contributed by atoms with E-state index in [2.05, 4.69) is 20.3 Å². The Hall–Kier alpha value is -2.39. The maximum Gasteiger partial charge on any atom is 0.258 e. The van der Waals surface area contributed by atoms with Gasteiger partial charge in [-0.2, -0.15) is 16.3 Å². The third-order valence-corrected chi connectivity index (χ3v) is 5.20. The molecule has 7 nitrogen and oxygen atoms in total. The van der Waals surface area contributed by atoms with Crippen LogP contribution in [0.5, 0.6) is 0 Å². The van der Waals surface area contributed by atoms with Crippen molar-refractivity contribution in [3.05, 3.63) is 40.7 Å². The number of aryl methyl sites for hydroxylation is 1. The number of hydrogen-bond donors (Lipinski definition) is 0. The van der Waals surface area contributed by atoms with Gasteiger partial charge in [0.15, 0.2) is 16.8 Å². The van der Waals surface area contributed by atoms with Crippen molar-refractivity contribution in [1.29, 1.82) is 0 Å². The van der Waals surface area contributed by atoms with Gasteiger partial charge in [-0.1, -0.05) is 16.9 Å². The molecule has 0 aliphatic heterocycles. The maximum atomic E-state index is 5.33. The number of nitrogens with zero attached hydrogens (tertiary/aromatic N) is 5. The highest BCUT2D eigenvalue weighted by Gasteiger charge is 2.16. The molecule has 24 heavy (non-hydrogen) atoms. The van der Waals surface area contributed by atoms with E-state index >= 15 is 0 Å². The predicted octanol–water partition coefficient (Wildman–Crippen LogP) is 3.79. The number of thiophene rings is 1. The molecule has 9 heteroatoms. The topological polar surface area (TPSA) is 82.8 Å². The van der Waals surface area contributed by atoms with E-state index in [-0.39, 0.29) is 0 Å². The molecule has 0 fully saturated rings. The predicted molar refractivity (Wildman–Crippen MR) is 90.6 cm³/mol. The summed E-state index contributed by atoms with van der Waals surface area (Å²) in [7, 11) is 1.93. The summed E-state index contributed by atoms with van der Waals surface area (Å²) in [5, 5.41) is 17.2. The van der Waals surface area contributed by atoms with Gasteiger partial charge < -0.3 is 13.5 Å². The van der Waals surface area contributed by atoms with Crippen LogP contribution in [-0.2, 0) is 12.8 Å². The Morgan fingerprint density at radius 2 is 2.21 bits per heavy atom. The molecule has 4 aromatic rings. The molecule has 0 radical (unpaired) electrons. The lowest BCUT2D eigenvalue weighted by Gasteiger charge is -2.01. The van der Waals surface area contributed by atoms with Gasteiger partial charge in [0.25, 0.3) is 5.89 Å². The van der Waals surface area contributed by atoms with Crippen molar-refractivity contribution >= 4 is 23.1 Å². The lowest BCUT2D eigenvalue weighted by atomic mass is 10.2. The minimum atomic E-state index is 0.541. The molecule has 0 amide bonds. The van der Waals surface area contributed by atoms with Gasteiger partial charge in [0, 0.05) is 12.4 Å². The van der Waals surface area contributed by atoms with Gasteiger partial charge in [-0.25, -0.2) is 0 Å². The Balaban J connectivity index is 1.49. The summed E-state index contributed by atoms with van der Waals surface area (Å²) in [6.07, 6.45) is 1.65. The second-order valence-electron chi connectivity index (χ2n) is 5.07. The highest BCUT2D eigenvalue weighted by atomic mass is 32.2. The molecule has 0 aliphatic carbocycles. The van der Waals surface area contributed by atoms with Crippen LogP contribution >= 0.6 is 23.1 Å². The van der Waals surface area contributed by atoms with Crippen LogP contribution < -0.4 is 0 Å². The second kappa shape index (κ2) is 6.25. The Kier molecular flexibility index (Phi) is 3.95. The summed E-state index contributed by atoms with van der Waals surface area (Å²) in [6, 6.07) is 3.84. The van der Waals surface area contributed by atoms with Gasteiger partial charge in [0.05, 0.1) is 23.1 Å². The summed E-state index contributed by atoms with van der Waals surface area (Å²) in [5.74, 6) is 3.32. The summed E-state index contributed by atoms with van der Waals surface area (Å²) in [4.78, 5) is 4.40. The zero-order valence-corrected chi connectivity index (χ0v) is 14.6. The van der Waals surface area contributed by atoms with Crippen molar-refractivity contribution < 1.29 is 8.94 Å². The van der Waals surface area contributed by atoms with Crippen LogP contribution in [0.4, 0.5) is 0 Å². The zero-order valence-electron chi connectivity index (χ0n) is 13.0. The number of hydrogen-bond acceptors (Lipinski definition) is 8. The molecule has 4 heterocycles. The minimum absolute atomic E-state index is 0.541. The first-order valence-electron chi connectivity index (χ1n) is 7.14. The van der Waals surface area contributed by atoms with E-state index in [1.54, 1.807) is 17.6 Å². The third kappa shape index (κ3) is 2.76. The molecular weight excluding hydrogens is 346 g/mol. The molecule has 0 aliphatic rings. The Labute approximate surface area is 145 Å². The molecule has 4 rings (SSSR count). The first-order chi connectivity index (χ1) is 11.7. The van der Waals surface area contributed by atoms with Gasteiger partial charge in [0.1, 0.15) is 5.76 Å². The molecule has 0 atom stereocenters. The van der Waals surface area contributed by atoms with Crippen molar-refractivity contribution in [3.63, 3.8) is 0 Å². The zero-order chi connectivity index (χ0) is 16.5. The lowest BCUT2D eigenvalue weighted by Crippen LogP contribution is -1.95. The second-order valence-corrected chi connectivity index (χ2v) is 6.79. The van der Waals surface area contributed by atoms with Crippen LogP contribution in [0.15, 0.2) is 43.3 Å². The smallest absolute Gasteiger partial charge is 0.258 e. The quantitative estimate of drug-likeness (QED) is 0.501. The number of aromatic nitrogens is 5. The minimum Gasteiger partial charge on any atom is -0.469 e. The molecule has 4 aromatic heterocycles. The van der Waals surface area contributed by atoms with Crippen LogP contribution in [0, 0.1) is 6.92 Å². The van der Waals surface area contributed by atoms with Gasteiger partial charge in [-0.3, -0.25) is 0 Å². The summed E-state index contributed by atoms with van der Waals surface area (Å²) in [5.41, 5.74) is 1.89. The molecular formula is C15H13N5O2S2. The fourth-order valence-electron chi connectivity index (χ4n) is 2.24. The highest BCUT2D eigenvalue weighted by molar-refractivity contribution is 7.98. The van der Waals surface area contributed by atoms with Gasteiger partial charge in [0.2, 0.25) is 0 Å². The Morgan fingerprint density at radius 1 is 1.29 bits per heavy atom. The van der Waals surface area contributed by atoms with Crippen LogP contribution in [0.25, 0.3) is 22.8 Å². The van der Waals surface area contributed by atoms with E-state index in [4.69, 9.17) is 8.94 Å². The fraction of sp³-hybridized carbons (Fsp3) is 0.200. The van der Waals surface area contributed by atoms with Crippen molar-refractivity contribution in [2.24, 2.45) is 7.05 Å². The maximum absolute atomic E-state index is 5.33. The van der Waals surface area contributed by atoms with E-state index in [9.17, 15) is 0 Å². The standard InChI is InChI=1S/C15H13N5O2S2/c1-9-11(3-5-21-9)13-17-18-15(20(13)2)24-8-12-16-14(22-19-12)10-4-6-23-7-10/h3-7H,8H2,1-2H3. The van der Waals surface area contributed by atoms with Gasteiger partial charge >= 0.3 is 0 Å². The van der Waals surface area contributed by atoms with E-state index < -0.39 is 0 Å². The molecule has 0 spiro atoms. The first kappa shape index (κ1) is 15.2. The summed E-state index contributed by atoms with van der Waals surface area (Å²) >= 11 is 3.11. The van der Waals surface area contributed by atoms with E-state index in [0.29, 0.717) is 17.5 Å². The first-order valence-corrected chi connectivity index (χ1v) is 9.07. The molecule has 0 saturated heterocycles. The number of rotatable bonds is 5. The fourth-order valence-corrected chi connectivity index (χ4v) is 3.62. The molecule has 0 bridgehead atoms. The number of thioether (sulfide) groups is 1. The van der Waals surface area contributed by atoms with Crippen LogP contribution in [0.3, 0.4) is 0 Å². The van der Waals surface area contributed by atoms with E-state index in [1.807, 2.05) is 41.4 Å². The molecule has 0 saturated carbocycles.